The van der Waals surface area contributed by atoms with Gasteiger partial charge in [0.1, 0.15) is 6.04 Å². The van der Waals surface area contributed by atoms with Crippen LogP contribution in [0.4, 0.5) is 0 Å². The van der Waals surface area contributed by atoms with Gasteiger partial charge in [-0.3, -0.25) is 19.3 Å². The minimum absolute atomic E-state index is 0.247. The standard InChI is InChI=1S/C24H24N2O7/c1-14(26-22(28)17-6-4-5-7-18(17)23(26)29)24(30)33-13-21(27)25-9-8-15-10-19(31-2)20(32-3)11-16(15)12-25/h4-7,10-11,14H,8-9,12-13H2,1-3H3. The molecule has 0 bridgehead atoms. The number of esters is 1. The molecule has 9 nitrogen and oxygen atoms in total. The van der Waals surface area contributed by atoms with Crippen molar-refractivity contribution in [1.82, 2.24) is 9.80 Å². The lowest BCUT2D eigenvalue weighted by Gasteiger charge is -2.29. The van der Waals surface area contributed by atoms with Crippen LogP contribution in [0, 0.1) is 0 Å². The van der Waals surface area contributed by atoms with E-state index < -0.39 is 30.4 Å². The summed E-state index contributed by atoms with van der Waals surface area (Å²) in [6.45, 7) is 1.74. The van der Waals surface area contributed by atoms with Crippen molar-refractivity contribution in [1.29, 1.82) is 0 Å². The average Bonchev–Trinajstić information content (AvgIpc) is 3.10. The lowest BCUT2D eigenvalue weighted by Crippen LogP contribution is -2.45. The Morgan fingerprint density at radius 2 is 1.55 bits per heavy atom. The Morgan fingerprint density at radius 1 is 0.970 bits per heavy atom. The summed E-state index contributed by atoms with van der Waals surface area (Å²) in [5.41, 5.74) is 2.49. The van der Waals surface area contributed by atoms with Gasteiger partial charge in [-0.2, -0.15) is 0 Å². The minimum Gasteiger partial charge on any atom is -0.493 e. The van der Waals surface area contributed by atoms with Crippen molar-refractivity contribution in [3.8, 4) is 11.5 Å². The Bertz CT molecular complexity index is 1110. The van der Waals surface area contributed by atoms with Gasteiger partial charge in [0.2, 0.25) is 0 Å². The zero-order valence-electron chi connectivity index (χ0n) is 18.6. The van der Waals surface area contributed by atoms with Gasteiger partial charge in [0, 0.05) is 13.1 Å². The predicted octanol–water partition coefficient (Wildman–Crippen LogP) is 1.82. The second-order valence-electron chi connectivity index (χ2n) is 7.85. The molecule has 172 valence electrons. The number of benzene rings is 2. The normalized spacial score (nSPS) is 15.6. The third kappa shape index (κ3) is 4.02. The number of hydrogen-bond acceptors (Lipinski definition) is 7. The number of carbonyl (C=O) groups is 4. The largest absolute Gasteiger partial charge is 0.493 e. The molecule has 0 saturated carbocycles. The summed E-state index contributed by atoms with van der Waals surface area (Å²) < 4.78 is 15.8. The van der Waals surface area contributed by atoms with Crippen LogP contribution in [0.2, 0.25) is 0 Å². The summed E-state index contributed by atoms with van der Waals surface area (Å²) in [5.74, 6) is -1.08. The fourth-order valence-corrected chi connectivity index (χ4v) is 4.11. The SMILES string of the molecule is COc1cc2c(cc1OC)CN(C(=O)COC(=O)C(C)N1C(=O)c3ccccc3C1=O)CC2. The molecule has 0 saturated heterocycles. The van der Waals surface area contributed by atoms with E-state index in [4.69, 9.17) is 14.2 Å². The zero-order valence-corrected chi connectivity index (χ0v) is 18.6. The van der Waals surface area contributed by atoms with Crippen molar-refractivity contribution >= 4 is 23.7 Å². The van der Waals surface area contributed by atoms with Gasteiger partial charge < -0.3 is 19.1 Å². The summed E-state index contributed by atoms with van der Waals surface area (Å²) in [5, 5.41) is 0. The van der Waals surface area contributed by atoms with Crippen LogP contribution >= 0.6 is 0 Å². The van der Waals surface area contributed by atoms with Crippen molar-refractivity contribution in [2.75, 3.05) is 27.4 Å². The van der Waals surface area contributed by atoms with Gasteiger partial charge >= 0.3 is 5.97 Å². The number of imide groups is 1. The van der Waals surface area contributed by atoms with Crippen LogP contribution in [0.3, 0.4) is 0 Å². The molecule has 0 fully saturated rings. The molecular formula is C24H24N2O7. The molecule has 1 atom stereocenters. The summed E-state index contributed by atoms with van der Waals surface area (Å²) in [6, 6.07) is 8.97. The second kappa shape index (κ2) is 8.93. The monoisotopic (exact) mass is 452 g/mol. The highest BCUT2D eigenvalue weighted by molar-refractivity contribution is 6.22. The van der Waals surface area contributed by atoms with E-state index in [1.54, 1.807) is 31.3 Å². The molecule has 4 rings (SSSR count). The van der Waals surface area contributed by atoms with Crippen molar-refractivity contribution in [3.63, 3.8) is 0 Å². The Hall–Kier alpha value is -3.88. The van der Waals surface area contributed by atoms with Crippen molar-refractivity contribution in [2.45, 2.75) is 25.9 Å². The number of amides is 3. The van der Waals surface area contributed by atoms with Crippen molar-refractivity contribution in [2.24, 2.45) is 0 Å². The summed E-state index contributed by atoms with van der Waals surface area (Å²) in [7, 11) is 3.12. The summed E-state index contributed by atoms with van der Waals surface area (Å²) >= 11 is 0. The van der Waals surface area contributed by atoms with Gasteiger partial charge in [-0.15, -0.1) is 0 Å². The summed E-state index contributed by atoms with van der Waals surface area (Å²) in [6.07, 6.45) is 0.626. The maximum atomic E-state index is 12.7. The van der Waals surface area contributed by atoms with Gasteiger partial charge in [0.25, 0.3) is 17.7 Å². The maximum absolute atomic E-state index is 12.7. The predicted molar refractivity (Wildman–Crippen MR) is 116 cm³/mol. The number of ether oxygens (including phenoxy) is 3. The van der Waals surface area contributed by atoms with Gasteiger partial charge in [0.05, 0.1) is 25.3 Å². The maximum Gasteiger partial charge on any atom is 0.329 e. The Morgan fingerprint density at radius 3 is 2.12 bits per heavy atom. The lowest BCUT2D eigenvalue weighted by molar-refractivity contribution is -0.155. The first kappa shape index (κ1) is 22.3. The quantitative estimate of drug-likeness (QED) is 0.487. The molecular weight excluding hydrogens is 428 g/mol. The Labute approximate surface area is 190 Å². The van der Waals surface area contributed by atoms with E-state index in [-0.39, 0.29) is 17.0 Å². The van der Waals surface area contributed by atoms with Crippen LogP contribution in [-0.4, -0.2) is 66.9 Å². The second-order valence-corrected chi connectivity index (χ2v) is 7.85. The first-order valence-corrected chi connectivity index (χ1v) is 10.5. The third-order valence-electron chi connectivity index (χ3n) is 5.96. The van der Waals surface area contributed by atoms with Gasteiger partial charge in [-0.05, 0) is 48.7 Å². The van der Waals surface area contributed by atoms with Crippen LogP contribution in [0.25, 0.3) is 0 Å². The lowest BCUT2D eigenvalue weighted by atomic mass is 9.99. The summed E-state index contributed by atoms with van der Waals surface area (Å²) in [4.78, 5) is 52.8. The molecule has 2 aromatic rings. The molecule has 2 aromatic carbocycles. The first-order chi connectivity index (χ1) is 15.8. The van der Waals surface area contributed by atoms with Crippen molar-refractivity contribution in [3.05, 3.63) is 58.7 Å². The van der Waals surface area contributed by atoms with Crippen LogP contribution in [0.1, 0.15) is 38.8 Å². The highest BCUT2D eigenvalue weighted by Gasteiger charge is 2.41. The number of fused-ring (bicyclic) bond motifs is 2. The molecule has 9 heteroatoms. The number of methoxy groups -OCH3 is 2. The van der Waals surface area contributed by atoms with E-state index >= 15 is 0 Å². The highest BCUT2D eigenvalue weighted by Crippen LogP contribution is 2.33. The van der Waals surface area contributed by atoms with E-state index in [1.807, 2.05) is 12.1 Å². The van der Waals surface area contributed by atoms with Crippen molar-refractivity contribution < 1.29 is 33.4 Å². The first-order valence-electron chi connectivity index (χ1n) is 10.5. The van der Waals surface area contributed by atoms with E-state index in [0.29, 0.717) is 31.0 Å². The van der Waals surface area contributed by atoms with Gasteiger partial charge in [0.15, 0.2) is 18.1 Å². The molecule has 3 amide bonds. The van der Waals surface area contributed by atoms with E-state index in [1.165, 1.54) is 19.1 Å². The molecule has 0 aromatic heterocycles. The number of rotatable bonds is 6. The smallest absolute Gasteiger partial charge is 0.329 e. The van der Waals surface area contributed by atoms with Gasteiger partial charge in [-0.1, -0.05) is 12.1 Å². The van der Waals surface area contributed by atoms with Crippen LogP contribution in [-0.2, 0) is 27.3 Å². The number of carbonyl (C=O) groups excluding carboxylic acids is 4. The minimum atomic E-state index is -1.15. The molecule has 2 aliphatic heterocycles. The molecule has 1 unspecified atom stereocenters. The Kier molecular flexibility index (Phi) is 6.04. The number of hydrogen-bond donors (Lipinski definition) is 0. The highest BCUT2D eigenvalue weighted by atomic mass is 16.5. The number of nitrogens with zero attached hydrogens (tertiary/aromatic N) is 2. The fourth-order valence-electron chi connectivity index (χ4n) is 4.11. The van der Waals surface area contributed by atoms with Crippen LogP contribution < -0.4 is 9.47 Å². The van der Waals surface area contributed by atoms with E-state index in [2.05, 4.69) is 0 Å². The van der Waals surface area contributed by atoms with Crippen LogP contribution in [0.5, 0.6) is 11.5 Å². The molecule has 0 radical (unpaired) electrons. The zero-order chi connectivity index (χ0) is 23.7. The molecule has 2 heterocycles. The third-order valence-corrected chi connectivity index (χ3v) is 5.96. The molecule has 0 spiro atoms. The van der Waals surface area contributed by atoms with Gasteiger partial charge in [-0.25, -0.2) is 4.79 Å². The molecule has 0 N–H and O–H groups in total. The average molecular weight is 452 g/mol. The van der Waals surface area contributed by atoms with E-state index in [0.717, 1.165) is 16.0 Å². The molecule has 0 aliphatic carbocycles. The van der Waals surface area contributed by atoms with Crippen LogP contribution in [0.15, 0.2) is 36.4 Å². The fraction of sp³-hybridized carbons (Fsp3) is 0.333. The Balaban J connectivity index is 1.37. The molecule has 2 aliphatic rings. The molecule has 33 heavy (non-hydrogen) atoms. The topological polar surface area (TPSA) is 102 Å². The van der Waals surface area contributed by atoms with E-state index in [9.17, 15) is 19.2 Å².